The topological polar surface area (TPSA) is 60.0 Å². The van der Waals surface area contributed by atoms with E-state index in [0.29, 0.717) is 28.7 Å². The highest BCUT2D eigenvalue weighted by Crippen LogP contribution is 2.37. The van der Waals surface area contributed by atoms with Crippen molar-refractivity contribution in [2.24, 2.45) is 0 Å². The predicted octanol–water partition coefficient (Wildman–Crippen LogP) is 3.59. The first-order chi connectivity index (χ1) is 14.1. The number of hydrogen-bond acceptors (Lipinski definition) is 5. The molecule has 0 amide bonds. The maximum Gasteiger partial charge on any atom is 0.338 e. The van der Waals surface area contributed by atoms with Crippen LogP contribution in [0.4, 0.5) is 5.69 Å². The van der Waals surface area contributed by atoms with E-state index >= 15 is 0 Å². The average molecular weight is 413 g/mol. The van der Waals surface area contributed by atoms with E-state index in [1.807, 2.05) is 61.5 Å². The van der Waals surface area contributed by atoms with E-state index in [9.17, 15) is 4.79 Å². The van der Waals surface area contributed by atoms with Gasteiger partial charge in [0.05, 0.1) is 31.0 Å². The zero-order chi connectivity index (χ0) is 20.8. The van der Waals surface area contributed by atoms with Crippen LogP contribution in [0.3, 0.4) is 0 Å². The number of benzene rings is 2. The van der Waals surface area contributed by atoms with Gasteiger partial charge in [-0.05, 0) is 36.8 Å². The Kier molecular flexibility index (Phi) is 6.85. The number of anilines is 1. The van der Waals surface area contributed by atoms with E-state index in [-0.39, 0.29) is 6.61 Å². The van der Waals surface area contributed by atoms with Gasteiger partial charge in [-0.1, -0.05) is 42.5 Å². The van der Waals surface area contributed by atoms with Crippen LogP contribution >= 0.6 is 12.2 Å². The molecule has 0 bridgehead atoms. The largest absolute Gasteiger partial charge is 0.495 e. The fourth-order valence-electron chi connectivity index (χ4n) is 3.30. The van der Waals surface area contributed by atoms with Gasteiger partial charge in [0.2, 0.25) is 0 Å². The SMILES string of the molecule is COCCOC(=O)C1=C(C)N(c2ccccc2OC)C(=S)N[C@H]1c1ccccc1. The van der Waals surface area contributed by atoms with Crippen molar-refractivity contribution in [2.75, 3.05) is 32.3 Å². The number of ether oxygens (including phenoxy) is 3. The molecule has 0 saturated carbocycles. The number of thiocarbonyl (C=S) groups is 1. The van der Waals surface area contributed by atoms with Gasteiger partial charge < -0.3 is 19.5 Å². The average Bonchev–Trinajstić information content (AvgIpc) is 2.74. The Hall–Kier alpha value is -2.90. The van der Waals surface area contributed by atoms with Crippen molar-refractivity contribution in [3.63, 3.8) is 0 Å². The van der Waals surface area contributed by atoms with Gasteiger partial charge >= 0.3 is 5.97 Å². The Labute approximate surface area is 176 Å². The number of allylic oxidation sites excluding steroid dienone is 1. The van der Waals surface area contributed by atoms with Gasteiger partial charge in [0.25, 0.3) is 0 Å². The molecule has 0 unspecified atom stereocenters. The number of para-hydroxylation sites is 2. The summed E-state index contributed by atoms with van der Waals surface area (Å²) in [7, 11) is 3.17. The second-order valence-corrected chi connectivity index (χ2v) is 6.81. The van der Waals surface area contributed by atoms with Crippen LogP contribution in [0, 0.1) is 0 Å². The van der Waals surface area contributed by atoms with Crippen LogP contribution in [-0.2, 0) is 14.3 Å². The minimum atomic E-state index is -0.414. The Morgan fingerprint density at radius 2 is 1.76 bits per heavy atom. The molecule has 1 aliphatic rings. The van der Waals surface area contributed by atoms with Gasteiger partial charge in [-0.25, -0.2) is 4.79 Å². The molecule has 0 spiro atoms. The maximum absolute atomic E-state index is 13.0. The van der Waals surface area contributed by atoms with E-state index in [1.54, 1.807) is 19.1 Å². The number of nitrogens with one attached hydrogen (secondary N) is 1. The number of carbonyl (C=O) groups excluding carboxylic acids is 1. The normalized spacial score (nSPS) is 16.4. The Bertz CT molecular complexity index is 914. The summed E-state index contributed by atoms with van der Waals surface area (Å²) in [6.07, 6.45) is 0. The Morgan fingerprint density at radius 3 is 2.45 bits per heavy atom. The molecule has 0 radical (unpaired) electrons. The van der Waals surface area contributed by atoms with Crippen molar-refractivity contribution in [3.8, 4) is 5.75 Å². The van der Waals surface area contributed by atoms with Crippen LogP contribution < -0.4 is 15.0 Å². The highest BCUT2D eigenvalue weighted by molar-refractivity contribution is 7.80. The molecule has 6 nitrogen and oxygen atoms in total. The third-order valence-corrected chi connectivity index (χ3v) is 4.98. The number of esters is 1. The lowest BCUT2D eigenvalue weighted by atomic mass is 9.95. The number of methoxy groups -OCH3 is 2. The first kappa shape index (κ1) is 20.8. The Morgan fingerprint density at radius 1 is 1.07 bits per heavy atom. The molecule has 1 N–H and O–H groups in total. The number of carbonyl (C=O) groups is 1. The zero-order valence-corrected chi connectivity index (χ0v) is 17.5. The summed E-state index contributed by atoms with van der Waals surface area (Å²) in [5, 5.41) is 3.78. The minimum Gasteiger partial charge on any atom is -0.495 e. The van der Waals surface area contributed by atoms with Crippen LogP contribution in [0.1, 0.15) is 18.5 Å². The second kappa shape index (κ2) is 9.54. The molecule has 0 aliphatic carbocycles. The number of nitrogens with zero attached hydrogens (tertiary/aromatic N) is 1. The fraction of sp³-hybridized carbons (Fsp3) is 0.273. The van der Waals surface area contributed by atoms with Gasteiger partial charge in [-0.2, -0.15) is 0 Å². The molecule has 152 valence electrons. The molecule has 1 heterocycles. The highest BCUT2D eigenvalue weighted by atomic mass is 32.1. The van der Waals surface area contributed by atoms with Crippen molar-refractivity contribution >= 4 is 29.0 Å². The van der Waals surface area contributed by atoms with Gasteiger partial charge in [-0.3, -0.25) is 4.90 Å². The lowest BCUT2D eigenvalue weighted by Crippen LogP contribution is -2.48. The molecule has 2 aromatic rings. The predicted molar refractivity (Wildman–Crippen MR) is 116 cm³/mol. The van der Waals surface area contributed by atoms with Crippen molar-refractivity contribution in [1.82, 2.24) is 5.32 Å². The summed E-state index contributed by atoms with van der Waals surface area (Å²) in [4.78, 5) is 14.8. The van der Waals surface area contributed by atoms with Crippen LogP contribution in [0.2, 0.25) is 0 Å². The molecule has 0 saturated heterocycles. The van der Waals surface area contributed by atoms with E-state index in [2.05, 4.69) is 5.32 Å². The van der Waals surface area contributed by atoms with Crippen LogP contribution in [0.5, 0.6) is 5.75 Å². The lowest BCUT2D eigenvalue weighted by Gasteiger charge is -2.38. The first-order valence-electron chi connectivity index (χ1n) is 9.24. The summed E-state index contributed by atoms with van der Waals surface area (Å²) in [5.41, 5.74) is 2.85. The zero-order valence-electron chi connectivity index (χ0n) is 16.7. The molecule has 0 aromatic heterocycles. The Balaban J connectivity index is 2.09. The second-order valence-electron chi connectivity index (χ2n) is 6.43. The molecular formula is C22H24N2O4S. The first-order valence-corrected chi connectivity index (χ1v) is 9.64. The number of hydrogen-bond donors (Lipinski definition) is 1. The van der Waals surface area contributed by atoms with Crippen molar-refractivity contribution in [1.29, 1.82) is 0 Å². The number of rotatable bonds is 7. The molecule has 7 heteroatoms. The standard InChI is InChI=1S/C22H24N2O4S/c1-15-19(21(25)28-14-13-26-2)20(16-9-5-4-6-10-16)23-22(29)24(15)17-11-7-8-12-18(17)27-3/h4-12,20H,13-14H2,1-3H3,(H,23,29)/t20-/m0/s1. The monoisotopic (exact) mass is 412 g/mol. The summed E-state index contributed by atoms with van der Waals surface area (Å²) >= 11 is 5.67. The molecule has 1 atom stereocenters. The van der Waals surface area contributed by atoms with Crippen LogP contribution in [0.25, 0.3) is 0 Å². The van der Waals surface area contributed by atoms with Gasteiger partial charge in [0, 0.05) is 12.8 Å². The molecule has 1 aliphatic heterocycles. The smallest absolute Gasteiger partial charge is 0.338 e. The minimum absolute atomic E-state index is 0.173. The molecule has 3 rings (SSSR count). The van der Waals surface area contributed by atoms with Crippen LogP contribution in [-0.4, -0.2) is 38.5 Å². The van der Waals surface area contributed by atoms with Crippen LogP contribution in [0.15, 0.2) is 65.9 Å². The fourth-order valence-corrected chi connectivity index (χ4v) is 3.66. The summed E-state index contributed by atoms with van der Waals surface area (Å²) in [6, 6.07) is 16.8. The quantitative estimate of drug-likeness (QED) is 0.424. The summed E-state index contributed by atoms with van der Waals surface area (Å²) < 4.78 is 16.0. The van der Waals surface area contributed by atoms with Gasteiger partial charge in [-0.15, -0.1) is 0 Å². The third kappa shape index (κ3) is 4.41. The lowest BCUT2D eigenvalue weighted by molar-refractivity contribution is -0.140. The van der Waals surface area contributed by atoms with Gasteiger partial charge in [0.15, 0.2) is 5.11 Å². The van der Waals surface area contributed by atoms with E-state index < -0.39 is 12.0 Å². The highest BCUT2D eigenvalue weighted by Gasteiger charge is 2.36. The summed E-state index contributed by atoms with van der Waals surface area (Å²) in [6.45, 7) is 2.37. The van der Waals surface area contributed by atoms with E-state index in [0.717, 1.165) is 11.3 Å². The third-order valence-electron chi connectivity index (χ3n) is 4.68. The van der Waals surface area contributed by atoms with E-state index in [4.69, 9.17) is 26.4 Å². The molecular weight excluding hydrogens is 388 g/mol. The maximum atomic E-state index is 13.0. The molecule has 0 fully saturated rings. The summed E-state index contributed by atoms with van der Waals surface area (Å²) in [5.74, 6) is 0.240. The van der Waals surface area contributed by atoms with Crippen molar-refractivity contribution in [3.05, 3.63) is 71.4 Å². The van der Waals surface area contributed by atoms with E-state index in [1.165, 1.54) is 0 Å². The van der Waals surface area contributed by atoms with Crippen molar-refractivity contribution in [2.45, 2.75) is 13.0 Å². The molecule has 29 heavy (non-hydrogen) atoms. The van der Waals surface area contributed by atoms with Crippen molar-refractivity contribution < 1.29 is 19.0 Å². The van der Waals surface area contributed by atoms with Gasteiger partial charge in [0.1, 0.15) is 12.4 Å². The molecule has 2 aromatic carbocycles.